The van der Waals surface area contributed by atoms with Gasteiger partial charge < -0.3 is 10.6 Å². The van der Waals surface area contributed by atoms with Crippen molar-refractivity contribution in [3.63, 3.8) is 0 Å². The second-order valence-corrected chi connectivity index (χ2v) is 4.83. The van der Waals surface area contributed by atoms with Gasteiger partial charge in [-0.1, -0.05) is 0 Å². The molecule has 2 heterocycles. The maximum Gasteiger partial charge on any atom is 0.271 e. The highest BCUT2D eigenvalue weighted by Gasteiger charge is 2.17. The van der Waals surface area contributed by atoms with Crippen LogP contribution in [0.1, 0.15) is 28.2 Å². The standard InChI is InChI=1S/C10H15N3OS/c1-7-6-9(13-15-7)10(14)12-8-2-4-11-5-3-8/h6,8,11H,2-5H2,1H3,(H,12,14). The van der Waals surface area contributed by atoms with Crippen molar-refractivity contribution in [2.24, 2.45) is 0 Å². The third-order valence-corrected chi connectivity index (χ3v) is 3.23. The van der Waals surface area contributed by atoms with Crippen LogP contribution in [0.15, 0.2) is 6.07 Å². The summed E-state index contributed by atoms with van der Waals surface area (Å²) in [4.78, 5) is 12.8. The lowest BCUT2D eigenvalue weighted by atomic mass is 10.1. The summed E-state index contributed by atoms with van der Waals surface area (Å²) in [6.07, 6.45) is 2.02. The SMILES string of the molecule is Cc1cc(C(=O)NC2CCNCC2)ns1. The molecule has 0 atom stereocenters. The number of aryl methyl sites for hydroxylation is 1. The molecule has 0 unspecified atom stereocenters. The molecule has 1 aromatic rings. The first-order valence-corrected chi connectivity index (χ1v) is 5.98. The number of aromatic nitrogens is 1. The van der Waals surface area contributed by atoms with Crippen molar-refractivity contribution < 1.29 is 4.79 Å². The number of carbonyl (C=O) groups excluding carboxylic acids is 1. The van der Waals surface area contributed by atoms with Crippen LogP contribution in [0.3, 0.4) is 0 Å². The number of hydrogen-bond acceptors (Lipinski definition) is 4. The van der Waals surface area contributed by atoms with E-state index < -0.39 is 0 Å². The van der Waals surface area contributed by atoms with E-state index in [2.05, 4.69) is 15.0 Å². The number of rotatable bonds is 2. The Labute approximate surface area is 93.2 Å². The third kappa shape index (κ3) is 2.76. The van der Waals surface area contributed by atoms with Crippen LogP contribution in [0.4, 0.5) is 0 Å². The van der Waals surface area contributed by atoms with Gasteiger partial charge in [-0.3, -0.25) is 4.79 Å². The van der Waals surface area contributed by atoms with Gasteiger partial charge in [-0.25, -0.2) is 0 Å². The molecule has 1 saturated heterocycles. The van der Waals surface area contributed by atoms with Crippen molar-refractivity contribution in [2.75, 3.05) is 13.1 Å². The summed E-state index contributed by atoms with van der Waals surface area (Å²) in [6.45, 7) is 3.93. The summed E-state index contributed by atoms with van der Waals surface area (Å²) in [6, 6.07) is 2.14. The second-order valence-electron chi connectivity index (χ2n) is 3.82. The smallest absolute Gasteiger partial charge is 0.271 e. The van der Waals surface area contributed by atoms with Gasteiger partial charge in [-0.2, -0.15) is 4.37 Å². The quantitative estimate of drug-likeness (QED) is 0.787. The highest BCUT2D eigenvalue weighted by Crippen LogP contribution is 2.09. The van der Waals surface area contributed by atoms with Crippen molar-refractivity contribution in [1.29, 1.82) is 0 Å². The van der Waals surface area contributed by atoms with E-state index in [9.17, 15) is 4.79 Å². The van der Waals surface area contributed by atoms with Crippen LogP contribution in [-0.2, 0) is 0 Å². The minimum absolute atomic E-state index is 0.0359. The molecule has 2 rings (SSSR count). The summed E-state index contributed by atoms with van der Waals surface area (Å²) >= 11 is 1.37. The van der Waals surface area contributed by atoms with Gasteiger partial charge in [0, 0.05) is 10.9 Å². The molecule has 0 spiro atoms. The summed E-state index contributed by atoms with van der Waals surface area (Å²) in [5.41, 5.74) is 0.552. The van der Waals surface area contributed by atoms with E-state index in [-0.39, 0.29) is 5.91 Å². The van der Waals surface area contributed by atoms with Crippen LogP contribution >= 0.6 is 11.5 Å². The molecule has 15 heavy (non-hydrogen) atoms. The number of hydrogen-bond donors (Lipinski definition) is 2. The Hall–Kier alpha value is -0.940. The Kier molecular flexibility index (Phi) is 3.33. The minimum Gasteiger partial charge on any atom is -0.348 e. The van der Waals surface area contributed by atoms with Crippen molar-refractivity contribution in [2.45, 2.75) is 25.8 Å². The van der Waals surface area contributed by atoms with Crippen LogP contribution in [0.25, 0.3) is 0 Å². The lowest BCUT2D eigenvalue weighted by Gasteiger charge is -2.23. The normalized spacial score (nSPS) is 17.7. The zero-order chi connectivity index (χ0) is 10.7. The molecule has 82 valence electrons. The molecular weight excluding hydrogens is 210 g/mol. The molecule has 0 saturated carbocycles. The largest absolute Gasteiger partial charge is 0.348 e. The first kappa shape index (κ1) is 10.6. The molecule has 1 aliphatic rings. The Morgan fingerprint density at radius 3 is 2.93 bits per heavy atom. The first-order valence-electron chi connectivity index (χ1n) is 5.20. The van der Waals surface area contributed by atoms with Gasteiger partial charge in [0.25, 0.3) is 5.91 Å². The molecule has 1 aromatic heterocycles. The molecule has 1 amide bonds. The molecule has 0 bridgehead atoms. The van der Waals surface area contributed by atoms with E-state index >= 15 is 0 Å². The number of nitrogens with zero attached hydrogens (tertiary/aromatic N) is 1. The van der Waals surface area contributed by atoms with Crippen molar-refractivity contribution in [3.05, 3.63) is 16.6 Å². The van der Waals surface area contributed by atoms with E-state index in [1.54, 1.807) is 0 Å². The number of nitrogens with one attached hydrogen (secondary N) is 2. The Bertz CT molecular complexity index is 344. The molecule has 0 aliphatic carbocycles. The first-order chi connectivity index (χ1) is 7.25. The summed E-state index contributed by atoms with van der Waals surface area (Å²) in [5.74, 6) is -0.0359. The number of amides is 1. The molecule has 1 aliphatic heterocycles. The lowest BCUT2D eigenvalue weighted by molar-refractivity contribution is 0.0925. The zero-order valence-corrected chi connectivity index (χ0v) is 9.56. The van der Waals surface area contributed by atoms with Gasteiger partial charge in [-0.15, -0.1) is 0 Å². The molecular formula is C10H15N3OS. The molecule has 2 N–H and O–H groups in total. The average molecular weight is 225 g/mol. The van der Waals surface area contributed by atoms with Crippen LogP contribution in [0.5, 0.6) is 0 Å². The number of carbonyl (C=O) groups is 1. The van der Waals surface area contributed by atoms with Gasteiger partial charge >= 0.3 is 0 Å². The fourth-order valence-corrected chi connectivity index (χ4v) is 2.24. The maximum absolute atomic E-state index is 11.7. The van der Waals surface area contributed by atoms with E-state index in [0.717, 1.165) is 30.8 Å². The van der Waals surface area contributed by atoms with E-state index in [1.807, 2.05) is 13.0 Å². The topological polar surface area (TPSA) is 54.0 Å². The van der Waals surface area contributed by atoms with Gasteiger partial charge in [0.15, 0.2) is 0 Å². The predicted octanol–water partition coefficient (Wildman–Crippen LogP) is 0.933. The average Bonchev–Trinajstić information content (AvgIpc) is 2.66. The maximum atomic E-state index is 11.7. The summed E-state index contributed by atoms with van der Waals surface area (Å²) in [7, 11) is 0. The second kappa shape index (κ2) is 4.72. The molecule has 5 heteroatoms. The Morgan fingerprint density at radius 2 is 2.33 bits per heavy atom. The monoisotopic (exact) mass is 225 g/mol. The van der Waals surface area contributed by atoms with E-state index in [1.165, 1.54) is 11.5 Å². The zero-order valence-electron chi connectivity index (χ0n) is 8.75. The Morgan fingerprint density at radius 1 is 1.60 bits per heavy atom. The van der Waals surface area contributed by atoms with Crippen LogP contribution in [0.2, 0.25) is 0 Å². The summed E-state index contributed by atoms with van der Waals surface area (Å²) < 4.78 is 4.10. The molecule has 0 aromatic carbocycles. The van der Waals surface area contributed by atoms with Gasteiger partial charge in [0.2, 0.25) is 0 Å². The van der Waals surface area contributed by atoms with E-state index in [4.69, 9.17) is 0 Å². The van der Waals surface area contributed by atoms with Crippen molar-refractivity contribution in [3.8, 4) is 0 Å². The minimum atomic E-state index is -0.0359. The lowest BCUT2D eigenvalue weighted by Crippen LogP contribution is -2.42. The predicted molar refractivity (Wildman–Crippen MR) is 60.2 cm³/mol. The van der Waals surface area contributed by atoms with Crippen molar-refractivity contribution in [1.82, 2.24) is 15.0 Å². The van der Waals surface area contributed by atoms with Crippen LogP contribution < -0.4 is 10.6 Å². The molecule has 1 fully saturated rings. The van der Waals surface area contributed by atoms with E-state index in [0.29, 0.717) is 11.7 Å². The highest BCUT2D eigenvalue weighted by molar-refractivity contribution is 7.05. The van der Waals surface area contributed by atoms with Crippen LogP contribution in [0, 0.1) is 6.92 Å². The third-order valence-electron chi connectivity index (χ3n) is 2.53. The van der Waals surface area contributed by atoms with Gasteiger partial charge in [0.05, 0.1) is 0 Å². The highest BCUT2D eigenvalue weighted by atomic mass is 32.1. The van der Waals surface area contributed by atoms with Gasteiger partial charge in [-0.05, 0) is 50.5 Å². The van der Waals surface area contributed by atoms with Crippen LogP contribution in [-0.4, -0.2) is 29.4 Å². The molecule has 4 nitrogen and oxygen atoms in total. The molecule has 0 radical (unpaired) electrons. The number of piperidine rings is 1. The van der Waals surface area contributed by atoms with Gasteiger partial charge in [0.1, 0.15) is 5.69 Å². The summed E-state index contributed by atoms with van der Waals surface area (Å²) in [5, 5.41) is 6.28. The Balaban J connectivity index is 1.91. The van der Waals surface area contributed by atoms with Crippen molar-refractivity contribution >= 4 is 17.4 Å². The fraction of sp³-hybridized carbons (Fsp3) is 0.600. The fourth-order valence-electron chi connectivity index (χ4n) is 1.70.